The molecule has 1 saturated heterocycles. The number of benzene rings is 2. The maximum atomic E-state index is 12.8. The van der Waals surface area contributed by atoms with Gasteiger partial charge in [0, 0.05) is 44.1 Å². The van der Waals surface area contributed by atoms with Crippen molar-refractivity contribution in [2.24, 2.45) is 0 Å². The standard InChI is InChI=1S/C24H27N3O4/c25-20-14-23-19(13-21(20)27(29)30)22(28)15-24(31-23)9-11-26(12-10-24)18-7-5-16-3-1-2-4-17(16)6-8-18/h1-4,13-14,18H,5-12,15,25H2. The van der Waals surface area contributed by atoms with Crippen LogP contribution in [0.1, 0.15) is 53.6 Å². The Kier molecular flexibility index (Phi) is 4.93. The summed E-state index contributed by atoms with van der Waals surface area (Å²) in [6.45, 7) is 1.79. The van der Waals surface area contributed by atoms with Gasteiger partial charge >= 0.3 is 0 Å². The molecule has 2 N–H and O–H groups in total. The maximum absolute atomic E-state index is 12.8. The molecule has 0 unspecified atom stereocenters. The van der Waals surface area contributed by atoms with Crippen LogP contribution in [-0.2, 0) is 12.8 Å². The number of hydrogen-bond donors (Lipinski definition) is 1. The molecule has 0 bridgehead atoms. The highest BCUT2D eigenvalue weighted by Crippen LogP contribution is 2.43. The van der Waals surface area contributed by atoms with Gasteiger partial charge in [-0.15, -0.1) is 0 Å². The first-order valence-electron chi connectivity index (χ1n) is 11.1. The lowest BCUT2D eigenvalue weighted by molar-refractivity contribution is -0.384. The van der Waals surface area contributed by atoms with Crippen molar-refractivity contribution in [3.63, 3.8) is 0 Å². The second kappa shape index (κ2) is 7.64. The molecule has 0 radical (unpaired) electrons. The lowest BCUT2D eigenvalue weighted by atomic mass is 9.81. The molecule has 0 amide bonds. The fourth-order valence-corrected chi connectivity index (χ4v) is 5.48. The van der Waals surface area contributed by atoms with E-state index < -0.39 is 10.5 Å². The summed E-state index contributed by atoms with van der Waals surface area (Å²) in [5, 5.41) is 11.2. The first-order chi connectivity index (χ1) is 14.9. The number of nitrogens with two attached hydrogens (primary N) is 1. The normalized spacial score (nSPS) is 21.1. The molecule has 2 aliphatic heterocycles. The van der Waals surface area contributed by atoms with Crippen LogP contribution in [0.3, 0.4) is 0 Å². The number of piperidine rings is 1. The van der Waals surface area contributed by atoms with E-state index in [2.05, 4.69) is 29.2 Å². The molecule has 5 rings (SSSR count). The van der Waals surface area contributed by atoms with E-state index in [1.165, 1.54) is 23.3 Å². The van der Waals surface area contributed by atoms with Crippen molar-refractivity contribution < 1.29 is 14.5 Å². The summed E-state index contributed by atoms with van der Waals surface area (Å²) in [6, 6.07) is 12.0. The van der Waals surface area contributed by atoms with Gasteiger partial charge in [0.15, 0.2) is 5.78 Å². The van der Waals surface area contributed by atoms with Crippen molar-refractivity contribution in [2.75, 3.05) is 18.8 Å². The summed E-state index contributed by atoms with van der Waals surface area (Å²) < 4.78 is 6.31. The van der Waals surface area contributed by atoms with Gasteiger partial charge in [0.2, 0.25) is 0 Å². The number of nitro benzene ring substituents is 1. The molecule has 7 heteroatoms. The minimum Gasteiger partial charge on any atom is -0.486 e. The summed E-state index contributed by atoms with van der Waals surface area (Å²) in [5.74, 6) is 0.292. The molecule has 2 heterocycles. The highest BCUT2D eigenvalue weighted by Gasteiger charge is 2.44. The number of nitrogen functional groups attached to an aromatic ring is 1. The number of hydrogen-bond acceptors (Lipinski definition) is 6. The molecule has 3 aliphatic rings. The predicted molar refractivity (Wildman–Crippen MR) is 117 cm³/mol. The van der Waals surface area contributed by atoms with Crippen molar-refractivity contribution in [3.05, 3.63) is 63.2 Å². The zero-order chi connectivity index (χ0) is 21.6. The van der Waals surface area contributed by atoms with Gasteiger partial charge in [0.25, 0.3) is 5.69 Å². The van der Waals surface area contributed by atoms with Gasteiger partial charge in [-0.2, -0.15) is 0 Å². The van der Waals surface area contributed by atoms with Crippen molar-refractivity contribution >= 4 is 17.2 Å². The minimum atomic E-state index is -0.559. The number of rotatable bonds is 2. The molecule has 1 fully saturated rings. The third-order valence-electron chi connectivity index (χ3n) is 7.27. The van der Waals surface area contributed by atoms with E-state index in [4.69, 9.17) is 10.5 Å². The average molecular weight is 421 g/mol. The van der Waals surface area contributed by atoms with Crippen LogP contribution < -0.4 is 10.5 Å². The summed E-state index contributed by atoms with van der Waals surface area (Å²) in [4.78, 5) is 26.0. The Labute approximate surface area is 181 Å². The van der Waals surface area contributed by atoms with Crippen LogP contribution in [0.15, 0.2) is 36.4 Å². The van der Waals surface area contributed by atoms with Crippen molar-refractivity contribution in [1.82, 2.24) is 4.90 Å². The number of nitrogens with zero attached hydrogens (tertiary/aromatic N) is 2. The lowest BCUT2D eigenvalue weighted by Crippen LogP contribution is -2.53. The molecular weight excluding hydrogens is 394 g/mol. The van der Waals surface area contributed by atoms with Gasteiger partial charge in [0.05, 0.1) is 16.9 Å². The number of fused-ring (bicyclic) bond motifs is 2. The maximum Gasteiger partial charge on any atom is 0.293 e. The van der Waals surface area contributed by atoms with Gasteiger partial charge in [-0.05, 0) is 36.8 Å². The highest BCUT2D eigenvalue weighted by atomic mass is 16.6. The van der Waals surface area contributed by atoms with E-state index in [0.29, 0.717) is 11.8 Å². The molecule has 7 nitrogen and oxygen atoms in total. The Balaban J connectivity index is 1.28. The van der Waals surface area contributed by atoms with Crippen molar-refractivity contribution in [3.8, 4) is 5.75 Å². The predicted octanol–water partition coefficient (Wildman–Crippen LogP) is 3.92. The quantitative estimate of drug-likeness (QED) is 0.341. The number of anilines is 1. The Morgan fingerprint density at radius 3 is 2.35 bits per heavy atom. The SMILES string of the molecule is Nc1cc2c(cc1[N+](=O)[O-])C(=O)CC1(CCN(C3CCc4ccccc4CC3)CC1)O2. The van der Waals surface area contributed by atoms with Gasteiger partial charge in [0.1, 0.15) is 17.0 Å². The third kappa shape index (κ3) is 3.67. The minimum absolute atomic E-state index is 0.0315. The van der Waals surface area contributed by atoms with Crippen LogP contribution in [0.5, 0.6) is 5.75 Å². The van der Waals surface area contributed by atoms with Crippen LogP contribution in [0.2, 0.25) is 0 Å². The highest BCUT2D eigenvalue weighted by molar-refractivity contribution is 6.01. The molecule has 2 aromatic rings. The molecular formula is C24H27N3O4. The number of carbonyl (C=O) groups excluding carboxylic acids is 1. The topological polar surface area (TPSA) is 98.7 Å². The van der Waals surface area contributed by atoms with Gasteiger partial charge in [-0.3, -0.25) is 14.9 Å². The number of ether oxygens (including phenoxy) is 1. The molecule has 0 aromatic heterocycles. The average Bonchev–Trinajstić information content (AvgIpc) is 2.96. The van der Waals surface area contributed by atoms with E-state index in [1.807, 2.05) is 0 Å². The second-order valence-corrected chi connectivity index (χ2v) is 9.09. The first-order valence-corrected chi connectivity index (χ1v) is 11.1. The van der Waals surface area contributed by atoms with Crippen LogP contribution >= 0.6 is 0 Å². The zero-order valence-corrected chi connectivity index (χ0v) is 17.5. The Hall–Kier alpha value is -2.93. The Morgan fingerprint density at radius 2 is 1.74 bits per heavy atom. The van der Waals surface area contributed by atoms with Crippen LogP contribution in [0.4, 0.5) is 11.4 Å². The molecule has 0 saturated carbocycles. The molecule has 31 heavy (non-hydrogen) atoms. The number of aryl methyl sites for hydroxylation is 2. The molecule has 162 valence electrons. The second-order valence-electron chi connectivity index (χ2n) is 9.09. The molecule has 1 aliphatic carbocycles. The monoisotopic (exact) mass is 421 g/mol. The summed E-state index contributed by atoms with van der Waals surface area (Å²) in [6.07, 6.45) is 6.37. The van der Waals surface area contributed by atoms with Crippen LogP contribution in [-0.4, -0.2) is 40.3 Å². The number of Topliss-reactive ketones (excluding diaryl/α,β-unsaturated/α-hetero) is 1. The lowest BCUT2D eigenvalue weighted by Gasteiger charge is -2.46. The largest absolute Gasteiger partial charge is 0.486 e. The smallest absolute Gasteiger partial charge is 0.293 e. The number of ketones is 1. The van der Waals surface area contributed by atoms with E-state index in [9.17, 15) is 14.9 Å². The van der Waals surface area contributed by atoms with E-state index in [-0.39, 0.29) is 29.1 Å². The molecule has 0 atom stereocenters. The fraction of sp³-hybridized carbons (Fsp3) is 0.458. The summed E-state index contributed by atoms with van der Waals surface area (Å²) in [7, 11) is 0. The van der Waals surface area contributed by atoms with Gasteiger partial charge in [-0.25, -0.2) is 0 Å². The van der Waals surface area contributed by atoms with Gasteiger partial charge < -0.3 is 15.4 Å². The fourth-order valence-electron chi connectivity index (χ4n) is 5.48. The van der Waals surface area contributed by atoms with E-state index in [0.717, 1.165) is 51.6 Å². The summed E-state index contributed by atoms with van der Waals surface area (Å²) in [5.41, 5.74) is 8.32. The van der Waals surface area contributed by atoms with Gasteiger partial charge in [-0.1, -0.05) is 24.3 Å². The molecule has 2 aromatic carbocycles. The molecule has 1 spiro atoms. The van der Waals surface area contributed by atoms with Crippen molar-refractivity contribution in [1.29, 1.82) is 0 Å². The van der Waals surface area contributed by atoms with E-state index in [1.54, 1.807) is 0 Å². The van der Waals surface area contributed by atoms with E-state index >= 15 is 0 Å². The van der Waals surface area contributed by atoms with Crippen LogP contribution in [0, 0.1) is 10.1 Å². The van der Waals surface area contributed by atoms with Crippen LogP contribution in [0.25, 0.3) is 0 Å². The van der Waals surface area contributed by atoms with Crippen molar-refractivity contribution in [2.45, 2.75) is 56.6 Å². The Morgan fingerprint density at radius 1 is 1.10 bits per heavy atom. The zero-order valence-electron chi connectivity index (χ0n) is 17.5. The third-order valence-corrected chi connectivity index (χ3v) is 7.27. The number of likely N-dealkylation sites (tertiary alicyclic amines) is 1. The number of nitro groups is 1. The summed E-state index contributed by atoms with van der Waals surface area (Å²) >= 11 is 0. The first kappa shape index (κ1) is 20.0. The Bertz CT molecular complexity index is 1020. The number of carbonyl (C=O) groups is 1.